The summed E-state index contributed by atoms with van der Waals surface area (Å²) in [6, 6.07) is 0. The van der Waals surface area contributed by atoms with Gasteiger partial charge in [0.25, 0.3) is 0 Å². The fraction of sp³-hybridized carbons (Fsp3) is 1.00. The van der Waals surface area contributed by atoms with Crippen LogP contribution in [0.4, 0.5) is 0 Å². The Morgan fingerprint density at radius 3 is 1.38 bits per heavy atom. The number of aliphatic hydroxyl groups excluding tert-OH is 2. The van der Waals surface area contributed by atoms with Gasteiger partial charge in [0.15, 0.2) is 0 Å². The molecule has 0 amide bonds. The van der Waals surface area contributed by atoms with Gasteiger partial charge in [-0.25, -0.2) is 0 Å². The van der Waals surface area contributed by atoms with E-state index in [-0.39, 0.29) is 12.2 Å². The van der Waals surface area contributed by atoms with Gasteiger partial charge in [-0.2, -0.15) is 0 Å². The van der Waals surface area contributed by atoms with E-state index in [1.165, 1.54) is 0 Å². The van der Waals surface area contributed by atoms with Crippen molar-refractivity contribution in [3.8, 4) is 0 Å². The summed E-state index contributed by atoms with van der Waals surface area (Å²) >= 11 is 0. The Labute approximate surface area is 48.1 Å². The lowest BCUT2D eigenvalue weighted by Crippen LogP contribution is -2.19. The highest BCUT2D eigenvalue weighted by Crippen LogP contribution is 2.48. The first-order valence-electron chi connectivity index (χ1n) is 3.15. The molecule has 2 N–H and O–H groups in total. The molecule has 2 heteroatoms. The molecule has 0 saturated heterocycles. The lowest BCUT2D eigenvalue weighted by atomic mass is 9.84. The SMILES string of the molecule is OC1C2CC(C2)C1O. The van der Waals surface area contributed by atoms with Crippen molar-refractivity contribution in [3.05, 3.63) is 0 Å². The average molecular weight is 114 g/mol. The van der Waals surface area contributed by atoms with Gasteiger partial charge in [-0.1, -0.05) is 0 Å². The zero-order valence-corrected chi connectivity index (χ0v) is 4.62. The van der Waals surface area contributed by atoms with Gasteiger partial charge in [-0.3, -0.25) is 0 Å². The molecular weight excluding hydrogens is 104 g/mol. The van der Waals surface area contributed by atoms with Gasteiger partial charge < -0.3 is 10.2 Å². The molecule has 0 aromatic heterocycles. The Kier molecular flexibility index (Phi) is 0.746. The maximum Gasteiger partial charge on any atom is 0.0830 e. The van der Waals surface area contributed by atoms with Crippen LogP contribution >= 0.6 is 0 Å². The summed E-state index contributed by atoms with van der Waals surface area (Å²) in [5.41, 5.74) is 0. The Balaban J connectivity index is 2.16. The highest BCUT2D eigenvalue weighted by Gasteiger charge is 2.50. The van der Waals surface area contributed by atoms with Gasteiger partial charge >= 0.3 is 0 Å². The van der Waals surface area contributed by atoms with Crippen molar-refractivity contribution in [2.24, 2.45) is 11.8 Å². The summed E-state index contributed by atoms with van der Waals surface area (Å²) in [5, 5.41) is 18.1. The van der Waals surface area contributed by atoms with E-state index >= 15 is 0 Å². The molecule has 8 heavy (non-hydrogen) atoms. The summed E-state index contributed by atoms with van der Waals surface area (Å²) in [7, 11) is 0. The second-order valence-electron chi connectivity index (χ2n) is 2.97. The Hall–Kier alpha value is -0.0800. The van der Waals surface area contributed by atoms with Crippen molar-refractivity contribution >= 4 is 0 Å². The van der Waals surface area contributed by atoms with Crippen LogP contribution in [0.25, 0.3) is 0 Å². The molecular formula is C6H10O2. The fourth-order valence-corrected chi connectivity index (χ4v) is 1.82. The van der Waals surface area contributed by atoms with Gasteiger partial charge in [0.05, 0.1) is 12.2 Å². The van der Waals surface area contributed by atoms with Crippen LogP contribution in [-0.4, -0.2) is 22.4 Å². The Morgan fingerprint density at radius 1 is 0.875 bits per heavy atom. The van der Waals surface area contributed by atoms with Crippen molar-refractivity contribution in [2.45, 2.75) is 25.0 Å². The molecule has 2 nitrogen and oxygen atoms in total. The second-order valence-corrected chi connectivity index (χ2v) is 2.97. The first kappa shape index (κ1) is 4.77. The molecule has 46 valence electrons. The quantitative estimate of drug-likeness (QED) is 0.456. The van der Waals surface area contributed by atoms with E-state index in [1.54, 1.807) is 0 Å². The van der Waals surface area contributed by atoms with Crippen LogP contribution in [0.3, 0.4) is 0 Å². The number of fused-ring (bicyclic) bond motifs is 1. The minimum absolute atomic E-state index is 0.389. The molecule has 0 aromatic rings. The Bertz CT molecular complexity index is 95.1. The maximum atomic E-state index is 9.06. The van der Waals surface area contributed by atoms with E-state index in [1.807, 2.05) is 0 Å². The van der Waals surface area contributed by atoms with E-state index in [2.05, 4.69) is 0 Å². The van der Waals surface area contributed by atoms with Gasteiger partial charge in [0, 0.05) is 0 Å². The molecule has 2 unspecified atom stereocenters. The lowest BCUT2D eigenvalue weighted by molar-refractivity contribution is 0.0396. The van der Waals surface area contributed by atoms with Gasteiger partial charge in [0.2, 0.25) is 0 Å². The first-order chi connectivity index (χ1) is 3.79. The molecule has 0 heterocycles. The van der Waals surface area contributed by atoms with Gasteiger partial charge in [-0.15, -0.1) is 0 Å². The molecule has 0 radical (unpaired) electrons. The van der Waals surface area contributed by atoms with Crippen LogP contribution in [0.15, 0.2) is 0 Å². The summed E-state index contributed by atoms with van der Waals surface area (Å²) in [6.45, 7) is 0. The lowest BCUT2D eigenvalue weighted by Gasteiger charge is -2.21. The molecule has 0 aliphatic heterocycles. The Morgan fingerprint density at radius 2 is 1.25 bits per heavy atom. The third-order valence-corrected chi connectivity index (χ3v) is 2.53. The van der Waals surface area contributed by atoms with Gasteiger partial charge in [0.1, 0.15) is 0 Å². The number of hydrogen-bond donors (Lipinski definition) is 2. The predicted molar refractivity (Wildman–Crippen MR) is 28.2 cm³/mol. The standard InChI is InChI=1S/C6H10O2/c7-5-3-1-4(2-3)6(5)8/h3-8H,1-2H2. The normalized spacial score (nSPS) is 60.8. The maximum absolute atomic E-state index is 9.06. The highest BCUT2D eigenvalue weighted by molar-refractivity contribution is 5.01. The van der Waals surface area contributed by atoms with Crippen molar-refractivity contribution in [3.63, 3.8) is 0 Å². The molecule has 3 saturated carbocycles. The topological polar surface area (TPSA) is 40.5 Å². The second kappa shape index (κ2) is 1.25. The molecule has 2 atom stereocenters. The third-order valence-electron chi connectivity index (χ3n) is 2.53. The summed E-state index contributed by atoms with van der Waals surface area (Å²) < 4.78 is 0. The minimum Gasteiger partial charge on any atom is -0.390 e. The smallest absolute Gasteiger partial charge is 0.0830 e. The van der Waals surface area contributed by atoms with Crippen LogP contribution in [0.5, 0.6) is 0 Å². The molecule has 3 aliphatic rings. The molecule has 3 fully saturated rings. The van der Waals surface area contributed by atoms with Crippen molar-refractivity contribution in [1.82, 2.24) is 0 Å². The third kappa shape index (κ3) is 0.361. The summed E-state index contributed by atoms with van der Waals surface area (Å²) in [5.74, 6) is 0.880. The number of rotatable bonds is 0. The molecule has 2 bridgehead atoms. The van der Waals surface area contributed by atoms with Crippen molar-refractivity contribution in [1.29, 1.82) is 0 Å². The van der Waals surface area contributed by atoms with E-state index in [9.17, 15) is 0 Å². The zero-order chi connectivity index (χ0) is 5.72. The summed E-state index contributed by atoms with van der Waals surface area (Å²) in [6.07, 6.45) is 1.34. The minimum atomic E-state index is -0.389. The first-order valence-corrected chi connectivity index (χ1v) is 3.15. The molecule has 3 rings (SSSR count). The monoisotopic (exact) mass is 114 g/mol. The van der Waals surface area contributed by atoms with E-state index in [0.29, 0.717) is 11.8 Å². The summed E-state index contributed by atoms with van der Waals surface area (Å²) in [4.78, 5) is 0. The molecule has 3 aliphatic carbocycles. The zero-order valence-electron chi connectivity index (χ0n) is 4.62. The van der Waals surface area contributed by atoms with Crippen LogP contribution in [0, 0.1) is 11.8 Å². The van der Waals surface area contributed by atoms with Crippen LogP contribution in [0.2, 0.25) is 0 Å². The largest absolute Gasteiger partial charge is 0.390 e. The van der Waals surface area contributed by atoms with E-state index < -0.39 is 0 Å². The van der Waals surface area contributed by atoms with Crippen LogP contribution < -0.4 is 0 Å². The van der Waals surface area contributed by atoms with E-state index in [4.69, 9.17) is 10.2 Å². The number of aliphatic hydroxyl groups is 2. The molecule has 0 aromatic carbocycles. The fourth-order valence-electron chi connectivity index (χ4n) is 1.82. The number of hydrogen-bond acceptors (Lipinski definition) is 2. The average Bonchev–Trinajstić information content (AvgIpc) is 1.89. The van der Waals surface area contributed by atoms with Crippen molar-refractivity contribution in [2.75, 3.05) is 0 Å². The van der Waals surface area contributed by atoms with Crippen LogP contribution in [-0.2, 0) is 0 Å². The van der Waals surface area contributed by atoms with Crippen molar-refractivity contribution < 1.29 is 10.2 Å². The molecule has 0 spiro atoms. The highest BCUT2D eigenvalue weighted by atomic mass is 16.3. The van der Waals surface area contributed by atoms with E-state index in [0.717, 1.165) is 12.8 Å². The predicted octanol–water partition coefficient (Wildman–Crippen LogP) is -0.252. The van der Waals surface area contributed by atoms with Crippen LogP contribution in [0.1, 0.15) is 12.8 Å². The van der Waals surface area contributed by atoms with Gasteiger partial charge in [-0.05, 0) is 24.7 Å².